The van der Waals surface area contributed by atoms with Gasteiger partial charge in [0.05, 0.1) is 6.10 Å². The van der Waals surface area contributed by atoms with Crippen LogP contribution in [0.5, 0.6) is 0 Å². The maximum atomic E-state index is 9.99. The van der Waals surface area contributed by atoms with E-state index in [0.717, 1.165) is 19.3 Å². The van der Waals surface area contributed by atoms with Crippen molar-refractivity contribution in [3.63, 3.8) is 0 Å². The lowest BCUT2D eigenvalue weighted by Gasteiger charge is -2.08. The minimum Gasteiger partial charge on any atom is -0.393 e. The minimum atomic E-state index is -0.139. The molecule has 1 unspecified atom stereocenters. The van der Waals surface area contributed by atoms with Gasteiger partial charge in [-0.3, -0.25) is 0 Å². The molecule has 0 aliphatic heterocycles. The molecule has 2 heteroatoms. The van der Waals surface area contributed by atoms with Gasteiger partial charge in [-0.15, -0.1) is 11.3 Å². The lowest BCUT2D eigenvalue weighted by atomic mass is 10.1. The second-order valence-corrected chi connectivity index (χ2v) is 6.39. The second kappa shape index (κ2) is 9.57. The van der Waals surface area contributed by atoms with E-state index in [4.69, 9.17) is 0 Å². The van der Waals surface area contributed by atoms with Crippen LogP contribution in [-0.2, 0) is 12.8 Å². The molecule has 1 aromatic heterocycles. The van der Waals surface area contributed by atoms with Gasteiger partial charge in [0.1, 0.15) is 0 Å². The van der Waals surface area contributed by atoms with Gasteiger partial charge in [-0.05, 0) is 25.0 Å². The molecule has 0 aliphatic carbocycles. The molecular weight excluding hydrogens is 240 g/mol. The topological polar surface area (TPSA) is 20.2 Å². The Kier molecular flexibility index (Phi) is 8.36. The van der Waals surface area contributed by atoms with E-state index in [1.165, 1.54) is 48.3 Å². The van der Waals surface area contributed by atoms with Gasteiger partial charge in [0.15, 0.2) is 0 Å². The Morgan fingerprint density at radius 3 is 2.33 bits per heavy atom. The molecule has 0 saturated heterocycles. The summed E-state index contributed by atoms with van der Waals surface area (Å²) in [6.45, 7) is 4.43. The van der Waals surface area contributed by atoms with Crippen molar-refractivity contribution in [1.82, 2.24) is 0 Å². The molecule has 0 fully saturated rings. The fourth-order valence-corrected chi connectivity index (χ4v) is 3.25. The van der Waals surface area contributed by atoms with Crippen molar-refractivity contribution in [2.24, 2.45) is 0 Å². The Morgan fingerprint density at radius 2 is 1.67 bits per heavy atom. The molecule has 0 radical (unpaired) electrons. The van der Waals surface area contributed by atoms with Gasteiger partial charge in [0.2, 0.25) is 0 Å². The number of hydrogen-bond acceptors (Lipinski definition) is 2. The molecule has 18 heavy (non-hydrogen) atoms. The lowest BCUT2D eigenvalue weighted by Crippen LogP contribution is -2.09. The molecule has 1 aromatic rings. The number of aliphatic hydroxyl groups excluding tert-OH is 1. The van der Waals surface area contributed by atoms with Crippen LogP contribution in [0, 0.1) is 0 Å². The second-order valence-electron chi connectivity index (χ2n) is 5.14. The number of rotatable bonds is 10. The van der Waals surface area contributed by atoms with Crippen LogP contribution in [0.1, 0.15) is 68.5 Å². The largest absolute Gasteiger partial charge is 0.393 e. The molecular formula is C16H28OS. The van der Waals surface area contributed by atoms with Crippen LogP contribution in [0.4, 0.5) is 0 Å². The third-order valence-electron chi connectivity index (χ3n) is 3.39. The Morgan fingerprint density at radius 1 is 1.00 bits per heavy atom. The van der Waals surface area contributed by atoms with E-state index in [0.29, 0.717) is 0 Å². The van der Waals surface area contributed by atoms with Gasteiger partial charge in [0.25, 0.3) is 0 Å². The summed E-state index contributed by atoms with van der Waals surface area (Å²) in [5.74, 6) is 0. The van der Waals surface area contributed by atoms with Crippen molar-refractivity contribution >= 4 is 11.3 Å². The standard InChI is InChI=1S/C16H28OS/c1-3-5-6-7-8-9-10-14(17)13-16-12-11-15(4-2)18-16/h11-12,14,17H,3-10,13H2,1-2H3. The van der Waals surface area contributed by atoms with Crippen molar-refractivity contribution in [3.05, 3.63) is 21.9 Å². The first-order valence-corrected chi connectivity index (χ1v) is 8.33. The molecule has 0 aliphatic rings. The number of hydrogen-bond donors (Lipinski definition) is 1. The Labute approximate surface area is 116 Å². The van der Waals surface area contributed by atoms with E-state index in [-0.39, 0.29) is 6.10 Å². The highest BCUT2D eigenvalue weighted by Gasteiger charge is 2.07. The Bertz CT molecular complexity index is 306. The summed E-state index contributed by atoms with van der Waals surface area (Å²) in [5, 5.41) is 9.99. The third-order valence-corrected chi connectivity index (χ3v) is 4.65. The lowest BCUT2D eigenvalue weighted by molar-refractivity contribution is 0.161. The minimum absolute atomic E-state index is 0.139. The number of unbranched alkanes of at least 4 members (excludes halogenated alkanes) is 5. The number of aryl methyl sites for hydroxylation is 1. The summed E-state index contributed by atoms with van der Waals surface area (Å²) in [6.07, 6.45) is 10.6. The molecule has 0 aromatic carbocycles. The fraction of sp³-hybridized carbons (Fsp3) is 0.750. The van der Waals surface area contributed by atoms with Gasteiger partial charge in [0, 0.05) is 16.2 Å². The third kappa shape index (κ3) is 6.55. The van der Waals surface area contributed by atoms with E-state index in [1.807, 2.05) is 11.3 Å². The summed E-state index contributed by atoms with van der Waals surface area (Å²) in [4.78, 5) is 2.77. The monoisotopic (exact) mass is 268 g/mol. The molecule has 1 atom stereocenters. The molecule has 1 nitrogen and oxygen atoms in total. The quantitative estimate of drug-likeness (QED) is 0.594. The summed E-state index contributed by atoms with van der Waals surface area (Å²) in [7, 11) is 0. The zero-order valence-corrected chi connectivity index (χ0v) is 12.8. The highest BCUT2D eigenvalue weighted by molar-refractivity contribution is 7.11. The zero-order chi connectivity index (χ0) is 13.2. The molecule has 104 valence electrons. The molecule has 0 amide bonds. The van der Waals surface area contributed by atoms with Crippen LogP contribution in [0.25, 0.3) is 0 Å². The van der Waals surface area contributed by atoms with Crippen molar-refractivity contribution < 1.29 is 5.11 Å². The van der Waals surface area contributed by atoms with Crippen LogP contribution < -0.4 is 0 Å². The van der Waals surface area contributed by atoms with Gasteiger partial charge >= 0.3 is 0 Å². The van der Waals surface area contributed by atoms with E-state index in [2.05, 4.69) is 26.0 Å². The zero-order valence-electron chi connectivity index (χ0n) is 12.0. The average Bonchev–Trinajstić information content (AvgIpc) is 2.81. The average molecular weight is 268 g/mol. The predicted molar refractivity (Wildman–Crippen MR) is 81.4 cm³/mol. The van der Waals surface area contributed by atoms with Crippen LogP contribution in [0.15, 0.2) is 12.1 Å². The molecule has 1 heterocycles. The van der Waals surface area contributed by atoms with Crippen molar-refractivity contribution in [1.29, 1.82) is 0 Å². The van der Waals surface area contributed by atoms with Crippen LogP contribution in [-0.4, -0.2) is 11.2 Å². The first-order chi connectivity index (χ1) is 8.76. The maximum absolute atomic E-state index is 9.99. The van der Waals surface area contributed by atoms with Crippen LogP contribution in [0.2, 0.25) is 0 Å². The first kappa shape index (κ1) is 15.7. The van der Waals surface area contributed by atoms with E-state index in [1.54, 1.807) is 0 Å². The molecule has 0 bridgehead atoms. The summed E-state index contributed by atoms with van der Waals surface area (Å²) < 4.78 is 0. The highest BCUT2D eigenvalue weighted by atomic mass is 32.1. The van der Waals surface area contributed by atoms with Crippen molar-refractivity contribution in [2.45, 2.75) is 77.7 Å². The number of aliphatic hydroxyl groups is 1. The van der Waals surface area contributed by atoms with Crippen molar-refractivity contribution in [3.8, 4) is 0 Å². The van der Waals surface area contributed by atoms with Gasteiger partial charge < -0.3 is 5.11 Å². The van der Waals surface area contributed by atoms with Crippen molar-refractivity contribution in [2.75, 3.05) is 0 Å². The van der Waals surface area contributed by atoms with Gasteiger partial charge in [-0.25, -0.2) is 0 Å². The summed E-state index contributed by atoms with van der Waals surface area (Å²) in [6, 6.07) is 4.37. The SMILES string of the molecule is CCCCCCCCC(O)Cc1ccc(CC)s1. The van der Waals surface area contributed by atoms with Crippen LogP contribution in [0.3, 0.4) is 0 Å². The fourth-order valence-electron chi connectivity index (χ4n) is 2.22. The Hall–Kier alpha value is -0.340. The molecule has 0 saturated carbocycles. The van der Waals surface area contributed by atoms with Gasteiger partial charge in [-0.1, -0.05) is 52.4 Å². The summed E-state index contributed by atoms with van der Waals surface area (Å²) in [5.41, 5.74) is 0. The highest BCUT2D eigenvalue weighted by Crippen LogP contribution is 2.20. The predicted octanol–water partition coefficient (Wildman–Crippen LogP) is 4.96. The molecule has 1 rings (SSSR count). The van der Waals surface area contributed by atoms with E-state index in [9.17, 15) is 5.11 Å². The normalized spacial score (nSPS) is 12.8. The molecule has 1 N–H and O–H groups in total. The van der Waals surface area contributed by atoms with Crippen LogP contribution >= 0.6 is 11.3 Å². The molecule has 0 spiro atoms. The van der Waals surface area contributed by atoms with E-state index >= 15 is 0 Å². The number of thiophene rings is 1. The Balaban J connectivity index is 2.08. The first-order valence-electron chi connectivity index (χ1n) is 7.51. The van der Waals surface area contributed by atoms with Gasteiger partial charge in [-0.2, -0.15) is 0 Å². The maximum Gasteiger partial charge on any atom is 0.0588 e. The smallest absolute Gasteiger partial charge is 0.0588 e. The van der Waals surface area contributed by atoms with E-state index < -0.39 is 0 Å². The summed E-state index contributed by atoms with van der Waals surface area (Å²) >= 11 is 1.85.